The van der Waals surface area contributed by atoms with Gasteiger partial charge in [-0.15, -0.1) is 0 Å². The molecule has 0 aliphatic heterocycles. The summed E-state index contributed by atoms with van der Waals surface area (Å²) < 4.78 is 13.4. The molecular formula is C25H21N3O5. The minimum Gasteiger partial charge on any atom is -0.467 e. The summed E-state index contributed by atoms with van der Waals surface area (Å²) in [6.07, 6.45) is 2.14. The van der Waals surface area contributed by atoms with Crippen LogP contribution in [0.5, 0.6) is 0 Å². The Balaban J connectivity index is 1.52. The number of carbonyl (C=O) groups excluding carboxylic acids is 1. The van der Waals surface area contributed by atoms with Crippen LogP contribution in [-0.4, -0.2) is 21.6 Å². The summed E-state index contributed by atoms with van der Waals surface area (Å²) in [7, 11) is 0. The van der Waals surface area contributed by atoms with Crippen molar-refractivity contribution in [1.29, 1.82) is 0 Å². The average Bonchev–Trinajstić information content (AvgIpc) is 3.48. The molecule has 0 radical (unpaired) electrons. The van der Waals surface area contributed by atoms with Gasteiger partial charge < -0.3 is 14.2 Å². The van der Waals surface area contributed by atoms with E-state index in [1.165, 1.54) is 10.8 Å². The molecule has 0 unspecified atom stereocenters. The SMILES string of the molecule is O=C(Cn1c(=O)n(Cc2ccco2)c(=O)c2oc3ccccc3c21)NCCc1ccccc1. The van der Waals surface area contributed by atoms with E-state index in [2.05, 4.69) is 5.32 Å². The van der Waals surface area contributed by atoms with Crippen LogP contribution < -0.4 is 16.6 Å². The van der Waals surface area contributed by atoms with E-state index in [4.69, 9.17) is 8.83 Å². The Bertz CT molecular complexity index is 1540. The van der Waals surface area contributed by atoms with Crippen molar-refractivity contribution in [2.24, 2.45) is 0 Å². The fourth-order valence-electron chi connectivity index (χ4n) is 3.93. The molecule has 8 heteroatoms. The van der Waals surface area contributed by atoms with Crippen LogP contribution in [0.1, 0.15) is 11.3 Å². The summed E-state index contributed by atoms with van der Waals surface area (Å²) in [5, 5.41) is 3.46. The molecule has 166 valence electrons. The van der Waals surface area contributed by atoms with Crippen molar-refractivity contribution in [2.75, 3.05) is 6.54 Å². The first-order valence-electron chi connectivity index (χ1n) is 10.6. The lowest BCUT2D eigenvalue weighted by molar-refractivity contribution is -0.121. The predicted octanol–water partition coefficient (Wildman–Crippen LogP) is 2.91. The highest BCUT2D eigenvalue weighted by molar-refractivity contribution is 6.02. The van der Waals surface area contributed by atoms with Crippen LogP contribution in [0.15, 0.2) is 91.4 Å². The summed E-state index contributed by atoms with van der Waals surface area (Å²) in [6, 6.07) is 20.2. The quantitative estimate of drug-likeness (QED) is 0.417. The molecule has 5 rings (SSSR count). The molecule has 33 heavy (non-hydrogen) atoms. The van der Waals surface area contributed by atoms with Crippen LogP contribution in [0, 0.1) is 0 Å². The van der Waals surface area contributed by atoms with Crippen LogP contribution in [0.2, 0.25) is 0 Å². The van der Waals surface area contributed by atoms with Gasteiger partial charge in [-0.3, -0.25) is 14.2 Å². The number of nitrogens with zero attached hydrogens (tertiary/aromatic N) is 2. The van der Waals surface area contributed by atoms with E-state index in [9.17, 15) is 14.4 Å². The second-order valence-corrected chi connectivity index (χ2v) is 7.70. The molecule has 3 heterocycles. The van der Waals surface area contributed by atoms with Crippen molar-refractivity contribution in [2.45, 2.75) is 19.5 Å². The molecule has 0 saturated heterocycles. The maximum Gasteiger partial charge on any atom is 0.332 e. The molecule has 1 N–H and O–H groups in total. The monoisotopic (exact) mass is 443 g/mol. The Hall–Kier alpha value is -4.33. The van der Waals surface area contributed by atoms with E-state index in [0.717, 1.165) is 10.1 Å². The van der Waals surface area contributed by atoms with Crippen LogP contribution >= 0.6 is 0 Å². The molecule has 0 bridgehead atoms. The lowest BCUT2D eigenvalue weighted by Crippen LogP contribution is -2.42. The molecule has 0 atom stereocenters. The first-order chi connectivity index (χ1) is 16.1. The van der Waals surface area contributed by atoms with Gasteiger partial charge in [0, 0.05) is 11.9 Å². The van der Waals surface area contributed by atoms with Crippen LogP contribution in [-0.2, 0) is 24.3 Å². The van der Waals surface area contributed by atoms with Crippen molar-refractivity contribution >= 4 is 28.0 Å². The molecule has 2 aromatic carbocycles. The topological polar surface area (TPSA) is 99.4 Å². The van der Waals surface area contributed by atoms with Crippen LogP contribution in [0.25, 0.3) is 22.1 Å². The number of fused-ring (bicyclic) bond motifs is 3. The second-order valence-electron chi connectivity index (χ2n) is 7.70. The Morgan fingerprint density at radius 3 is 2.48 bits per heavy atom. The van der Waals surface area contributed by atoms with Gasteiger partial charge in [0.1, 0.15) is 23.4 Å². The molecule has 8 nitrogen and oxygen atoms in total. The minimum absolute atomic E-state index is 0.0273. The smallest absolute Gasteiger partial charge is 0.332 e. The van der Waals surface area contributed by atoms with Crippen molar-refractivity contribution in [3.63, 3.8) is 0 Å². The van der Waals surface area contributed by atoms with E-state index in [-0.39, 0.29) is 24.6 Å². The second kappa shape index (κ2) is 8.66. The highest BCUT2D eigenvalue weighted by Gasteiger charge is 2.21. The number of amides is 1. The fraction of sp³-hybridized carbons (Fsp3) is 0.160. The largest absolute Gasteiger partial charge is 0.467 e. The maximum absolute atomic E-state index is 13.4. The van der Waals surface area contributed by atoms with Gasteiger partial charge >= 0.3 is 5.69 Å². The molecule has 5 aromatic rings. The molecule has 0 fully saturated rings. The molecule has 0 aliphatic carbocycles. The van der Waals surface area contributed by atoms with Gasteiger partial charge in [0.25, 0.3) is 5.56 Å². The van der Waals surface area contributed by atoms with E-state index in [1.54, 1.807) is 36.4 Å². The summed E-state index contributed by atoms with van der Waals surface area (Å²) in [6.45, 7) is 0.123. The summed E-state index contributed by atoms with van der Waals surface area (Å²) in [4.78, 5) is 39.3. The zero-order valence-electron chi connectivity index (χ0n) is 17.7. The maximum atomic E-state index is 13.4. The zero-order chi connectivity index (χ0) is 22.8. The van der Waals surface area contributed by atoms with Crippen molar-refractivity contribution in [1.82, 2.24) is 14.5 Å². The van der Waals surface area contributed by atoms with Crippen molar-refractivity contribution < 1.29 is 13.6 Å². The standard InChI is InChI=1S/C25H21N3O5/c29-21(26-13-12-17-7-2-1-3-8-17)16-27-22-19-10-4-5-11-20(19)33-23(22)24(30)28(25(27)31)15-18-9-6-14-32-18/h1-11,14H,12-13,15-16H2,(H,26,29). The third kappa shape index (κ3) is 3.98. The van der Waals surface area contributed by atoms with Gasteiger partial charge in [-0.1, -0.05) is 42.5 Å². The Morgan fingerprint density at radius 2 is 1.70 bits per heavy atom. The fourth-order valence-corrected chi connectivity index (χ4v) is 3.93. The van der Waals surface area contributed by atoms with Gasteiger partial charge in [-0.25, -0.2) is 9.36 Å². The van der Waals surface area contributed by atoms with Crippen LogP contribution in [0.4, 0.5) is 0 Å². The number of hydrogen-bond donors (Lipinski definition) is 1. The van der Waals surface area contributed by atoms with E-state index < -0.39 is 11.2 Å². The van der Waals surface area contributed by atoms with E-state index >= 15 is 0 Å². The Morgan fingerprint density at radius 1 is 0.909 bits per heavy atom. The predicted molar refractivity (Wildman–Crippen MR) is 123 cm³/mol. The number of rotatable bonds is 7. The Kier molecular flexibility index (Phi) is 5.40. The highest BCUT2D eigenvalue weighted by atomic mass is 16.3. The number of hydrogen-bond acceptors (Lipinski definition) is 5. The van der Waals surface area contributed by atoms with Crippen LogP contribution in [0.3, 0.4) is 0 Å². The minimum atomic E-state index is -0.603. The van der Waals surface area contributed by atoms with Gasteiger partial charge in [0.05, 0.1) is 12.8 Å². The normalized spacial score (nSPS) is 11.3. The summed E-state index contributed by atoms with van der Waals surface area (Å²) in [5.41, 5.74) is 0.745. The van der Waals surface area contributed by atoms with Crippen molar-refractivity contribution in [3.05, 3.63) is 105 Å². The number of benzene rings is 2. The number of para-hydroxylation sites is 1. The highest BCUT2D eigenvalue weighted by Crippen LogP contribution is 2.25. The zero-order valence-corrected chi connectivity index (χ0v) is 17.7. The first kappa shape index (κ1) is 20.6. The van der Waals surface area contributed by atoms with E-state index in [0.29, 0.717) is 35.2 Å². The average molecular weight is 443 g/mol. The van der Waals surface area contributed by atoms with Gasteiger partial charge in [-0.05, 0) is 36.2 Å². The van der Waals surface area contributed by atoms with E-state index in [1.807, 2.05) is 30.3 Å². The third-order valence-corrected chi connectivity index (χ3v) is 5.51. The molecule has 0 spiro atoms. The van der Waals surface area contributed by atoms with Gasteiger partial charge in [-0.2, -0.15) is 0 Å². The number of nitrogens with one attached hydrogen (secondary N) is 1. The number of aromatic nitrogens is 2. The van der Waals surface area contributed by atoms with Crippen molar-refractivity contribution in [3.8, 4) is 0 Å². The van der Waals surface area contributed by atoms with Gasteiger partial charge in [0.15, 0.2) is 0 Å². The number of carbonyl (C=O) groups is 1. The number of furan rings is 2. The first-order valence-corrected chi connectivity index (χ1v) is 10.6. The molecule has 0 aliphatic rings. The lowest BCUT2D eigenvalue weighted by Gasteiger charge is -2.12. The third-order valence-electron chi connectivity index (χ3n) is 5.51. The molecule has 0 saturated carbocycles. The Labute approximate surface area is 187 Å². The summed E-state index contributed by atoms with van der Waals surface area (Å²) in [5.74, 6) is 0.117. The summed E-state index contributed by atoms with van der Waals surface area (Å²) >= 11 is 0. The molecule has 1 amide bonds. The molecule has 3 aromatic heterocycles. The lowest BCUT2D eigenvalue weighted by atomic mass is 10.1. The van der Waals surface area contributed by atoms with Gasteiger partial charge in [0.2, 0.25) is 11.5 Å². The molecular weight excluding hydrogens is 422 g/mol.